The Balaban J connectivity index is 0.000000684. The highest BCUT2D eigenvalue weighted by Gasteiger charge is 2.50. The topological polar surface area (TPSA) is 64.6 Å². The Kier molecular flexibility index (Phi) is 11.5. The summed E-state index contributed by atoms with van der Waals surface area (Å²) in [6.45, 7) is 38.4. The van der Waals surface area contributed by atoms with Gasteiger partial charge in [0, 0.05) is 0 Å². The zero-order chi connectivity index (χ0) is 26.9. The third kappa shape index (κ3) is 17.5. The molecule has 0 unspecified atom stereocenters. The fourth-order valence-electron chi connectivity index (χ4n) is 4.56. The predicted octanol–water partition coefficient (Wildman–Crippen LogP) is 6.98. The lowest BCUT2D eigenvalue weighted by Gasteiger charge is -2.46. The molecule has 15 heteroatoms. The van der Waals surface area contributed by atoms with Gasteiger partial charge in [-0.3, -0.25) is 0 Å². The van der Waals surface area contributed by atoms with Crippen LogP contribution >= 0.6 is 0 Å². The molecule has 0 spiro atoms. The summed E-state index contributed by atoms with van der Waals surface area (Å²) in [5.74, 6) is 0. The monoisotopic (exact) mass is 606 g/mol. The largest absolute Gasteiger partial charge is 0.437 e. The smallest absolute Gasteiger partial charge is 0.314 e. The molecule has 0 aliphatic carbocycles. The van der Waals surface area contributed by atoms with Crippen LogP contribution in [0.2, 0.25) is 118 Å². The molecular formula is C18H54O7Si8. The molecule has 1 saturated heterocycles. The fourth-order valence-corrected chi connectivity index (χ4v) is 43.3. The maximum atomic E-state index is 6.30. The molecule has 33 heavy (non-hydrogen) atoms. The standard InChI is InChI=1S/C10H30O5Si5.C8H24O2Si3/c1-16(2)11-17(3,4)13-19(7,8)15-20(9,10)14-18(5,6)12-16;1-11(2,3)9-13(7,8)10-12(4,5)6/h1-10H3;1-8H3. The lowest BCUT2D eigenvalue weighted by Crippen LogP contribution is -2.64. The molecule has 1 heterocycles. The maximum absolute atomic E-state index is 6.30. The van der Waals surface area contributed by atoms with Gasteiger partial charge >= 0.3 is 51.4 Å². The summed E-state index contributed by atoms with van der Waals surface area (Å²) in [4.78, 5) is 0. The average Bonchev–Trinajstić information content (AvgIpc) is 2.20. The van der Waals surface area contributed by atoms with Gasteiger partial charge < -0.3 is 28.8 Å². The van der Waals surface area contributed by atoms with Gasteiger partial charge in [-0.25, -0.2) is 0 Å². The van der Waals surface area contributed by atoms with Crippen molar-refractivity contribution >= 4 is 68.0 Å². The molecule has 1 fully saturated rings. The fraction of sp³-hybridized carbons (Fsp3) is 1.00. The summed E-state index contributed by atoms with van der Waals surface area (Å²) in [5.41, 5.74) is 0. The molecule has 0 aromatic heterocycles. The van der Waals surface area contributed by atoms with Crippen molar-refractivity contribution in [3.8, 4) is 0 Å². The molecule has 0 aromatic rings. The van der Waals surface area contributed by atoms with Crippen LogP contribution in [0.25, 0.3) is 0 Å². The first-order chi connectivity index (χ1) is 13.9. The SMILES string of the molecule is C[Si](C)(C)O[Si](C)(C)O[Si](C)(C)C.C[Si]1(C)O[Si](C)(C)O[Si](C)(C)O[Si](C)(C)O[Si](C)(C)O1. The lowest BCUT2D eigenvalue weighted by atomic mass is 11.8. The minimum absolute atomic E-state index is 1.43. The average molecular weight is 607 g/mol. The summed E-state index contributed by atoms with van der Waals surface area (Å²) in [5, 5.41) is 0. The van der Waals surface area contributed by atoms with Gasteiger partial charge in [0.15, 0.2) is 16.6 Å². The Morgan fingerprint density at radius 1 is 0.364 bits per heavy atom. The van der Waals surface area contributed by atoms with E-state index in [1.807, 2.05) is 0 Å². The van der Waals surface area contributed by atoms with Crippen LogP contribution in [0.5, 0.6) is 0 Å². The second-order valence-corrected chi connectivity index (χ2v) is 44.3. The van der Waals surface area contributed by atoms with E-state index in [0.717, 1.165) is 0 Å². The highest BCUT2D eigenvalue weighted by Crippen LogP contribution is 2.30. The molecule has 0 N–H and O–H groups in total. The summed E-state index contributed by atoms with van der Waals surface area (Å²) in [6, 6.07) is 0. The molecular weight excluding hydrogens is 553 g/mol. The summed E-state index contributed by atoms with van der Waals surface area (Å²) < 4.78 is 43.7. The second-order valence-electron chi connectivity index (χ2n) is 13.3. The van der Waals surface area contributed by atoms with E-state index in [1.165, 1.54) is 0 Å². The maximum Gasteiger partial charge on any atom is 0.314 e. The molecule has 0 radical (unpaired) electrons. The molecule has 0 saturated carbocycles. The lowest BCUT2D eigenvalue weighted by molar-refractivity contribution is 0.239. The van der Waals surface area contributed by atoms with Crippen molar-refractivity contribution in [1.82, 2.24) is 0 Å². The molecule has 0 aromatic carbocycles. The Labute approximate surface area is 214 Å². The highest BCUT2D eigenvalue weighted by molar-refractivity contribution is 6.93. The molecule has 0 amide bonds. The summed E-state index contributed by atoms with van der Waals surface area (Å²) in [7, 11) is -16.0. The second kappa shape index (κ2) is 11.1. The minimum atomic E-state index is -2.26. The Hall–Kier alpha value is 1.46. The Bertz CT molecular complexity index is 521. The van der Waals surface area contributed by atoms with Gasteiger partial charge in [-0.2, -0.15) is 0 Å². The van der Waals surface area contributed by atoms with E-state index in [1.54, 1.807) is 0 Å². The van der Waals surface area contributed by atoms with Crippen LogP contribution < -0.4 is 0 Å². The van der Waals surface area contributed by atoms with Crippen molar-refractivity contribution in [2.45, 2.75) is 118 Å². The number of hydrogen-bond donors (Lipinski definition) is 0. The van der Waals surface area contributed by atoms with Crippen LogP contribution in [0.4, 0.5) is 0 Å². The summed E-state index contributed by atoms with van der Waals surface area (Å²) in [6.07, 6.45) is 0. The zero-order valence-electron chi connectivity index (χ0n) is 24.9. The van der Waals surface area contributed by atoms with Gasteiger partial charge in [0.2, 0.25) is 0 Å². The van der Waals surface area contributed by atoms with Crippen LogP contribution in [0.1, 0.15) is 0 Å². The van der Waals surface area contributed by atoms with Crippen LogP contribution in [-0.2, 0) is 28.8 Å². The van der Waals surface area contributed by atoms with Gasteiger partial charge in [0.25, 0.3) is 0 Å². The molecule has 200 valence electrons. The quantitative estimate of drug-likeness (QED) is 0.320. The van der Waals surface area contributed by atoms with Gasteiger partial charge in [0.1, 0.15) is 0 Å². The number of rotatable bonds is 4. The molecule has 0 atom stereocenters. The van der Waals surface area contributed by atoms with Crippen molar-refractivity contribution in [2.75, 3.05) is 0 Å². The van der Waals surface area contributed by atoms with E-state index >= 15 is 0 Å². The van der Waals surface area contributed by atoms with E-state index in [9.17, 15) is 0 Å². The zero-order valence-corrected chi connectivity index (χ0v) is 32.9. The van der Waals surface area contributed by atoms with E-state index in [0.29, 0.717) is 0 Å². The first-order valence-electron chi connectivity index (χ1n) is 11.9. The van der Waals surface area contributed by atoms with Crippen LogP contribution in [0.3, 0.4) is 0 Å². The molecule has 0 bridgehead atoms. The van der Waals surface area contributed by atoms with Gasteiger partial charge in [0.05, 0.1) is 0 Å². The Morgan fingerprint density at radius 2 is 0.515 bits per heavy atom. The van der Waals surface area contributed by atoms with Gasteiger partial charge in [-0.1, -0.05) is 0 Å². The van der Waals surface area contributed by atoms with Crippen LogP contribution in [-0.4, -0.2) is 68.0 Å². The molecule has 1 rings (SSSR count). The predicted molar refractivity (Wildman–Crippen MR) is 159 cm³/mol. The number of hydrogen-bond acceptors (Lipinski definition) is 7. The van der Waals surface area contributed by atoms with Gasteiger partial charge in [-0.05, 0) is 118 Å². The van der Waals surface area contributed by atoms with Crippen molar-refractivity contribution in [1.29, 1.82) is 0 Å². The Morgan fingerprint density at radius 3 is 0.636 bits per heavy atom. The minimum Gasteiger partial charge on any atom is -0.437 e. The van der Waals surface area contributed by atoms with E-state index < -0.39 is 68.0 Å². The van der Waals surface area contributed by atoms with Crippen molar-refractivity contribution in [3.63, 3.8) is 0 Å². The van der Waals surface area contributed by atoms with Crippen molar-refractivity contribution < 1.29 is 28.8 Å². The highest BCUT2D eigenvalue weighted by atomic mass is 28.5. The third-order valence-corrected chi connectivity index (χ3v) is 32.1. The van der Waals surface area contributed by atoms with E-state index in [4.69, 9.17) is 28.8 Å². The van der Waals surface area contributed by atoms with Crippen molar-refractivity contribution in [3.05, 3.63) is 0 Å². The van der Waals surface area contributed by atoms with Crippen LogP contribution in [0, 0.1) is 0 Å². The first kappa shape index (κ1) is 34.5. The van der Waals surface area contributed by atoms with Crippen molar-refractivity contribution in [2.24, 2.45) is 0 Å². The first-order valence-corrected chi connectivity index (χ1v) is 35.6. The normalized spacial score (nSPS) is 24.9. The van der Waals surface area contributed by atoms with E-state index in [-0.39, 0.29) is 0 Å². The van der Waals surface area contributed by atoms with Gasteiger partial charge in [-0.15, -0.1) is 0 Å². The molecule has 1 aliphatic heterocycles. The molecule has 1 aliphatic rings. The molecule has 7 nitrogen and oxygen atoms in total. The van der Waals surface area contributed by atoms with E-state index in [2.05, 4.69) is 118 Å². The van der Waals surface area contributed by atoms with Crippen LogP contribution in [0.15, 0.2) is 0 Å². The summed E-state index contributed by atoms with van der Waals surface area (Å²) >= 11 is 0. The third-order valence-electron chi connectivity index (χ3n) is 3.56.